The number of rotatable bonds is 7. The lowest BCUT2D eigenvalue weighted by atomic mass is 10.1. The van der Waals surface area contributed by atoms with Crippen molar-refractivity contribution < 1.29 is 14.6 Å². The third-order valence-corrected chi connectivity index (χ3v) is 3.28. The lowest BCUT2D eigenvalue weighted by molar-refractivity contribution is 0.0697. The van der Waals surface area contributed by atoms with E-state index >= 15 is 0 Å². The predicted molar refractivity (Wildman–Crippen MR) is 74.6 cm³/mol. The number of carboxylic acid groups (broad SMARTS) is 1. The Labute approximate surface area is 113 Å². The Balaban J connectivity index is 1.93. The normalized spacial score (nSPS) is 14.4. The molecule has 104 valence electrons. The third kappa shape index (κ3) is 3.86. The topological polar surface area (TPSA) is 75.8 Å². The van der Waals surface area contributed by atoms with Crippen LogP contribution in [0.2, 0.25) is 0 Å². The highest BCUT2D eigenvalue weighted by molar-refractivity contribution is 5.95. The van der Waals surface area contributed by atoms with Crippen molar-refractivity contribution in [2.45, 2.75) is 12.8 Å². The quantitative estimate of drug-likeness (QED) is 0.580. The van der Waals surface area contributed by atoms with Gasteiger partial charge in [0.15, 0.2) is 0 Å². The summed E-state index contributed by atoms with van der Waals surface area (Å²) in [6.45, 7) is 2.06. The maximum Gasteiger partial charge on any atom is 0.337 e. The molecule has 0 atom stereocenters. The van der Waals surface area contributed by atoms with E-state index in [0.29, 0.717) is 24.5 Å². The van der Waals surface area contributed by atoms with Gasteiger partial charge in [-0.25, -0.2) is 4.79 Å². The molecule has 1 aliphatic carbocycles. The van der Waals surface area contributed by atoms with Gasteiger partial charge in [-0.1, -0.05) is 0 Å². The molecule has 1 aromatic carbocycles. The van der Waals surface area contributed by atoms with Gasteiger partial charge in [-0.2, -0.15) is 0 Å². The fourth-order valence-corrected chi connectivity index (χ4v) is 1.90. The van der Waals surface area contributed by atoms with E-state index in [1.807, 2.05) is 11.9 Å². The van der Waals surface area contributed by atoms with Crippen molar-refractivity contribution in [3.8, 4) is 0 Å². The summed E-state index contributed by atoms with van der Waals surface area (Å²) in [4.78, 5) is 13.0. The van der Waals surface area contributed by atoms with E-state index in [4.69, 9.17) is 15.6 Å². The lowest BCUT2D eigenvalue weighted by Gasteiger charge is -2.21. The smallest absolute Gasteiger partial charge is 0.337 e. The van der Waals surface area contributed by atoms with E-state index in [0.717, 1.165) is 12.5 Å². The second-order valence-corrected chi connectivity index (χ2v) is 5.02. The minimum absolute atomic E-state index is 0.263. The molecule has 1 fully saturated rings. The molecule has 1 aromatic rings. The molecule has 1 aliphatic rings. The van der Waals surface area contributed by atoms with Crippen LogP contribution in [0.5, 0.6) is 0 Å². The predicted octanol–water partition coefficient (Wildman–Crippen LogP) is 1.83. The zero-order valence-corrected chi connectivity index (χ0v) is 11.1. The molecule has 0 bridgehead atoms. The number of likely N-dealkylation sites (N-methyl/N-ethyl adjacent to an activating group) is 1. The highest BCUT2D eigenvalue weighted by atomic mass is 16.5. The van der Waals surface area contributed by atoms with Crippen LogP contribution in [0.4, 0.5) is 11.4 Å². The van der Waals surface area contributed by atoms with Gasteiger partial charge in [0.1, 0.15) is 0 Å². The number of nitrogen functional groups attached to an aromatic ring is 1. The average Bonchev–Trinajstić information content (AvgIpc) is 3.18. The second-order valence-electron chi connectivity index (χ2n) is 5.02. The fourth-order valence-electron chi connectivity index (χ4n) is 1.90. The number of hydrogen-bond acceptors (Lipinski definition) is 4. The van der Waals surface area contributed by atoms with Gasteiger partial charge in [0.2, 0.25) is 0 Å². The van der Waals surface area contributed by atoms with Crippen molar-refractivity contribution in [3.63, 3.8) is 0 Å². The maximum atomic E-state index is 11.2. The van der Waals surface area contributed by atoms with Crippen LogP contribution in [-0.4, -0.2) is 37.9 Å². The van der Waals surface area contributed by atoms with Crippen LogP contribution in [0.25, 0.3) is 0 Å². The first-order valence-corrected chi connectivity index (χ1v) is 6.49. The van der Waals surface area contributed by atoms with Gasteiger partial charge < -0.3 is 20.5 Å². The van der Waals surface area contributed by atoms with E-state index in [9.17, 15) is 4.79 Å². The number of carboxylic acids is 1. The minimum Gasteiger partial charge on any atom is -0.478 e. The lowest BCUT2D eigenvalue weighted by Crippen LogP contribution is -2.25. The molecule has 1 saturated carbocycles. The molecule has 2 rings (SSSR count). The maximum absolute atomic E-state index is 11.2. The number of nitrogens with two attached hydrogens (primary N) is 1. The van der Waals surface area contributed by atoms with Gasteiger partial charge in [0.25, 0.3) is 0 Å². The standard InChI is InChI=1S/C14H20N2O3/c1-16(6-7-19-9-10-2-3-10)13-8-11(15)4-5-12(13)14(17)18/h4-5,8,10H,2-3,6-7,9,15H2,1H3,(H,17,18). The van der Waals surface area contributed by atoms with Crippen molar-refractivity contribution in [2.24, 2.45) is 5.92 Å². The van der Waals surface area contributed by atoms with Crippen molar-refractivity contribution in [2.75, 3.05) is 37.4 Å². The molecule has 19 heavy (non-hydrogen) atoms. The van der Waals surface area contributed by atoms with Crippen LogP contribution in [0.1, 0.15) is 23.2 Å². The van der Waals surface area contributed by atoms with Crippen LogP contribution >= 0.6 is 0 Å². The number of hydrogen-bond donors (Lipinski definition) is 2. The molecule has 0 radical (unpaired) electrons. The Morgan fingerprint density at radius 1 is 1.53 bits per heavy atom. The average molecular weight is 264 g/mol. The van der Waals surface area contributed by atoms with E-state index in [1.165, 1.54) is 18.9 Å². The minimum atomic E-state index is -0.944. The summed E-state index contributed by atoms with van der Waals surface area (Å²) in [6.07, 6.45) is 2.54. The van der Waals surface area contributed by atoms with Crippen molar-refractivity contribution in [3.05, 3.63) is 23.8 Å². The first kappa shape index (κ1) is 13.7. The summed E-state index contributed by atoms with van der Waals surface area (Å²) >= 11 is 0. The summed E-state index contributed by atoms with van der Waals surface area (Å²) in [6, 6.07) is 4.82. The first-order valence-electron chi connectivity index (χ1n) is 6.49. The zero-order valence-electron chi connectivity index (χ0n) is 11.1. The van der Waals surface area contributed by atoms with Gasteiger partial charge >= 0.3 is 5.97 Å². The molecule has 5 nitrogen and oxygen atoms in total. The monoisotopic (exact) mass is 264 g/mol. The summed E-state index contributed by atoms with van der Waals surface area (Å²) in [5.41, 5.74) is 7.17. The van der Waals surface area contributed by atoms with E-state index in [1.54, 1.807) is 12.1 Å². The Morgan fingerprint density at radius 2 is 2.26 bits per heavy atom. The SMILES string of the molecule is CN(CCOCC1CC1)c1cc(N)ccc1C(=O)O. The summed E-state index contributed by atoms with van der Waals surface area (Å²) in [5, 5.41) is 9.16. The van der Waals surface area contributed by atoms with Gasteiger partial charge in [-0.15, -0.1) is 0 Å². The van der Waals surface area contributed by atoms with E-state index in [2.05, 4.69) is 0 Å². The molecule has 5 heteroatoms. The van der Waals surface area contributed by atoms with Crippen LogP contribution in [0.3, 0.4) is 0 Å². The van der Waals surface area contributed by atoms with Gasteiger partial charge in [-0.3, -0.25) is 0 Å². The summed E-state index contributed by atoms with van der Waals surface area (Å²) in [5.74, 6) is -0.201. The number of anilines is 2. The number of aromatic carboxylic acids is 1. The van der Waals surface area contributed by atoms with Gasteiger partial charge in [0.05, 0.1) is 17.9 Å². The highest BCUT2D eigenvalue weighted by Crippen LogP contribution is 2.28. The molecule has 0 spiro atoms. The van der Waals surface area contributed by atoms with Gasteiger partial charge in [0, 0.05) is 25.9 Å². The van der Waals surface area contributed by atoms with E-state index < -0.39 is 5.97 Å². The molecule has 0 heterocycles. The zero-order chi connectivity index (χ0) is 13.8. The Morgan fingerprint density at radius 3 is 2.89 bits per heavy atom. The molecular weight excluding hydrogens is 244 g/mol. The van der Waals surface area contributed by atoms with Crippen molar-refractivity contribution in [1.29, 1.82) is 0 Å². The second kappa shape index (κ2) is 5.93. The number of nitrogens with zero attached hydrogens (tertiary/aromatic N) is 1. The van der Waals surface area contributed by atoms with Gasteiger partial charge in [-0.05, 0) is 37.0 Å². The van der Waals surface area contributed by atoms with E-state index in [-0.39, 0.29) is 5.56 Å². The molecule has 0 aromatic heterocycles. The van der Waals surface area contributed by atoms with Crippen LogP contribution in [0.15, 0.2) is 18.2 Å². The molecule has 0 amide bonds. The molecule has 0 aliphatic heterocycles. The highest BCUT2D eigenvalue weighted by Gasteiger charge is 2.21. The molecule has 3 N–H and O–H groups in total. The number of ether oxygens (including phenoxy) is 1. The van der Waals surface area contributed by atoms with Crippen LogP contribution in [-0.2, 0) is 4.74 Å². The summed E-state index contributed by atoms with van der Waals surface area (Å²) < 4.78 is 5.56. The van der Waals surface area contributed by atoms with Crippen LogP contribution in [0, 0.1) is 5.92 Å². The summed E-state index contributed by atoms with van der Waals surface area (Å²) in [7, 11) is 1.85. The molecule has 0 unspecified atom stereocenters. The number of carbonyl (C=O) groups is 1. The Kier molecular flexibility index (Phi) is 4.27. The largest absolute Gasteiger partial charge is 0.478 e. The first-order chi connectivity index (χ1) is 9.08. The Bertz CT molecular complexity index is 458. The van der Waals surface area contributed by atoms with Crippen molar-refractivity contribution >= 4 is 17.3 Å². The van der Waals surface area contributed by atoms with Crippen LogP contribution < -0.4 is 10.6 Å². The molecular formula is C14H20N2O3. The Hall–Kier alpha value is -1.75. The number of benzene rings is 1. The third-order valence-electron chi connectivity index (χ3n) is 3.28. The fraction of sp³-hybridized carbons (Fsp3) is 0.500. The molecule has 0 saturated heterocycles. The van der Waals surface area contributed by atoms with Crippen molar-refractivity contribution in [1.82, 2.24) is 0 Å².